The number of hydrogen-bond donors (Lipinski definition) is 0. The summed E-state index contributed by atoms with van der Waals surface area (Å²) in [5, 5.41) is 0. The number of imidazole rings is 1. The Balaban J connectivity index is 2.17. The lowest BCUT2D eigenvalue weighted by atomic mass is 10.2. The molecular formula is C13H14N2O3. The summed E-state index contributed by atoms with van der Waals surface area (Å²) in [6, 6.07) is 5.03. The van der Waals surface area contributed by atoms with Gasteiger partial charge in [0.2, 0.25) is 0 Å². The van der Waals surface area contributed by atoms with Crippen LogP contribution in [-0.4, -0.2) is 22.9 Å². The third-order valence-electron chi connectivity index (χ3n) is 2.60. The van der Waals surface area contributed by atoms with Crippen LogP contribution in [0.3, 0.4) is 0 Å². The number of aldehydes is 1. The number of benzene rings is 1. The molecule has 0 radical (unpaired) electrons. The topological polar surface area (TPSA) is 53.4 Å². The number of rotatable bonds is 5. The summed E-state index contributed by atoms with van der Waals surface area (Å²) in [5.41, 5.74) is 0.547. The van der Waals surface area contributed by atoms with Crippen LogP contribution in [-0.2, 0) is 13.7 Å². The highest BCUT2D eigenvalue weighted by Crippen LogP contribution is 2.28. The van der Waals surface area contributed by atoms with Gasteiger partial charge >= 0.3 is 0 Å². The Morgan fingerprint density at radius 2 is 2.22 bits per heavy atom. The van der Waals surface area contributed by atoms with Crippen molar-refractivity contribution in [3.63, 3.8) is 0 Å². The highest BCUT2D eigenvalue weighted by atomic mass is 16.5. The van der Waals surface area contributed by atoms with Crippen molar-refractivity contribution in [2.45, 2.75) is 6.61 Å². The van der Waals surface area contributed by atoms with Crippen LogP contribution in [0.2, 0.25) is 0 Å². The van der Waals surface area contributed by atoms with Crippen LogP contribution in [0.15, 0.2) is 30.6 Å². The van der Waals surface area contributed by atoms with Gasteiger partial charge in [-0.05, 0) is 18.2 Å². The van der Waals surface area contributed by atoms with Crippen LogP contribution in [0.5, 0.6) is 11.5 Å². The fourth-order valence-corrected chi connectivity index (χ4v) is 1.56. The summed E-state index contributed by atoms with van der Waals surface area (Å²) in [4.78, 5) is 14.9. The minimum Gasteiger partial charge on any atom is -0.493 e. The minimum absolute atomic E-state index is 0.322. The van der Waals surface area contributed by atoms with E-state index in [0.717, 1.165) is 12.1 Å². The van der Waals surface area contributed by atoms with E-state index in [1.807, 2.05) is 17.8 Å². The molecule has 0 saturated heterocycles. The summed E-state index contributed by atoms with van der Waals surface area (Å²) in [5.74, 6) is 1.92. The fraction of sp³-hybridized carbons (Fsp3) is 0.231. The normalized spacial score (nSPS) is 10.1. The Hall–Kier alpha value is -2.30. The van der Waals surface area contributed by atoms with Gasteiger partial charge in [-0.2, -0.15) is 0 Å². The second-order valence-corrected chi connectivity index (χ2v) is 3.77. The van der Waals surface area contributed by atoms with Crippen LogP contribution < -0.4 is 9.47 Å². The van der Waals surface area contributed by atoms with Crippen molar-refractivity contribution in [1.29, 1.82) is 0 Å². The van der Waals surface area contributed by atoms with Gasteiger partial charge in [-0.1, -0.05) is 0 Å². The first-order valence-electron chi connectivity index (χ1n) is 5.47. The van der Waals surface area contributed by atoms with Gasteiger partial charge < -0.3 is 14.0 Å². The number of carbonyl (C=O) groups is 1. The molecule has 1 aromatic carbocycles. The molecule has 0 amide bonds. The Labute approximate surface area is 105 Å². The van der Waals surface area contributed by atoms with E-state index in [0.29, 0.717) is 23.7 Å². The van der Waals surface area contributed by atoms with Crippen molar-refractivity contribution in [1.82, 2.24) is 9.55 Å². The SMILES string of the molecule is COc1ccc(C=O)cc1OCc1nccn1C. The molecule has 94 valence electrons. The molecule has 5 heteroatoms. The summed E-state index contributed by atoms with van der Waals surface area (Å²) in [6.45, 7) is 0.322. The largest absolute Gasteiger partial charge is 0.493 e. The van der Waals surface area contributed by atoms with E-state index >= 15 is 0 Å². The maximum absolute atomic E-state index is 10.7. The second kappa shape index (κ2) is 5.35. The van der Waals surface area contributed by atoms with E-state index in [4.69, 9.17) is 9.47 Å². The highest BCUT2D eigenvalue weighted by Gasteiger charge is 2.07. The van der Waals surface area contributed by atoms with Crippen molar-refractivity contribution in [2.75, 3.05) is 7.11 Å². The zero-order chi connectivity index (χ0) is 13.0. The van der Waals surface area contributed by atoms with Crippen LogP contribution in [0.4, 0.5) is 0 Å². The van der Waals surface area contributed by atoms with Gasteiger partial charge in [-0.25, -0.2) is 4.98 Å². The number of aryl methyl sites for hydroxylation is 1. The van der Waals surface area contributed by atoms with Gasteiger partial charge in [0.05, 0.1) is 7.11 Å². The molecule has 1 aromatic heterocycles. The van der Waals surface area contributed by atoms with E-state index in [9.17, 15) is 4.79 Å². The predicted molar refractivity (Wildman–Crippen MR) is 65.9 cm³/mol. The van der Waals surface area contributed by atoms with Gasteiger partial charge in [0.15, 0.2) is 11.5 Å². The van der Waals surface area contributed by atoms with Gasteiger partial charge in [-0.15, -0.1) is 0 Å². The molecule has 1 heterocycles. The molecule has 0 aliphatic heterocycles. The van der Waals surface area contributed by atoms with Crippen molar-refractivity contribution in [3.05, 3.63) is 42.0 Å². The van der Waals surface area contributed by atoms with E-state index in [1.54, 1.807) is 31.5 Å². The van der Waals surface area contributed by atoms with Crippen molar-refractivity contribution in [3.8, 4) is 11.5 Å². The number of carbonyl (C=O) groups excluding carboxylic acids is 1. The van der Waals surface area contributed by atoms with Crippen LogP contribution >= 0.6 is 0 Å². The molecule has 0 N–H and O–H groups in total. The number of methoxy groups -OCH3 is 1. The molecule has 0 aliphatic carbocycles. The third-order valence-corrected chi connectivity index (χ3v) is 2.60. The van der Waals surface area contributed by atoms with Gasteiger partial charge in [0.25, 0.3) is 0 Å². The average molecular weight is 246 g/mol. The number of hydrogen-bond acceptors (Lipinski definition) is 4. The second-order valence-electron chi connectivity index (χ2n) is 3.77. The van der Waals surface area contributed by atoms with Crippen LogP contribution in [0.1, 0.15) is 16.2 Å². The minimum atomic E-state index is 0.322. The van der Waals surface area contributed by atoms with Gasteiger partial charge in [0, 0.05) is 25.0 Å². The van der Waals surface area contributed by atoms with Gasteiger partial charge in [0.1, 0.15) is 18.7 Å². The summed E-state index contributed by atoms with van der Waals surface area (Å²) in [6.07, 6.45) is 4.32. The molecule has 0 fully saturated rings. The molecule has 0 aliphatic rings. The molecule has 0 bridgehead atoms. The number of ether oxygens (including phenoxy) is 2. The quantitative estimate of drug-likeness (QED) is 0.755. The molecule has 0 saturated carbocycles. The van der Waals surface area contributed by atoms with Crippen LogP contribution in [0, 0.1) is 0 Å². The van der Waals surface area contributed by atoms with Crippen molar-refractivity contribution >= 4 is 6.29 Å². The zero-order valence-corrected chi connectivity index (χ0v) is 10.3. The molecular weight excluding hydrogens is 232 g/mol. The van der Waals surface area contributed by atoms with Crippen LogP contribution in [0.25, 0.3) is 0 Å². The summed E-state index contributed by atoms with van der Waals surface area (Å²) < 4.78 is 12.7. The maximum Gasteiger partial charge on any atom is 0.162 e. The lowest BCUT2D eigenvalue weighted by molar-refractivity contribution is 0.112. The Morgan fingerprint density at radius 3 is 2.83 bits per heavy atom. The van der Waals surface area contributed by atoms with E-state index in [2.05, 4.69) is 4.98 Å². The third kappa shape index (κ3) is 2.51. The Bertz CT molecular complexity index is 549. The molecule has 0 spiro atoms. The number of aromatic nitrogens is 2. The van der Waals surface area contributed by atoms with Crippen molar-refractivity contribution in [2.24, 2.45) is 7.05 Å². The smallest absolute Gasteiger partial charge is 0.162 e. The summed E-state index contributed by atoms with van der Waals surface area (Å²) >= 11 is 0. The molecule has 2 rings (SSSR count). The van der Waals surface area contributed by atoms with Crippen molar-refractivity contribution < 1.29 is 14.3 Å². The molecule has 5 nitrogen and oxygen atoms in total. The monoisotopic (exact) mass is 246 g/mol. The fourth-order valence-electron chi connectivity index (χ4n) is 1.56. The maximum atomic E-state index is 10.7. The molecule has 0 unspecified atom stereocenters. The Kier molecular flexibility index (Phi) is 3.62. The standard InChI is InChI=1S/C13H14N2O3/c1-15-6-5-14-13(15)9-18-12-7-10(8-16)3-4-11(12)17-2/h3-8H,9H2,1-2H3. The zero-order valence-electron chi connectivity index (χ0n) is 10.3. The first-order valence-corrected chi connectivity index (χ1v) is 5.47. The summed E-state index contributed by atoms with van der Waals surface area (Å²) in [7, 11) is 3.45. The first kappa shape index (κ1) is 12.2. The van der Waals surface area contributed by atoms with E-state index < -0.39 is 0 Å². The molecule has 2 aromatic rings. The predicted octanol–water partition coefficient (Wildman–Crippen LogP) is 1.82. The average Bonchev–Trinajstić information content (AvgIpc) is 2.81. The lowest BCUT2D eigenvalue weighted by Gasteiger charge is -2.10. The molecule has 18 heavy (non-hydrogen) atoms. The first-order chi connectivity index (χ1) is 8.74. The highest BCUT2D eigenvalue weighted by molar-refractivity contribution is 5.76. The van der Waals surface area contributed by atoms with Gasteiger partial charge in [-0.3, -0.25) is 4.79 Å². The lowest BCUT2D eigenvalue weighted by Crippen LogP contribution is -2.04. The number of nitrogens with zero attached hydrogens (tertiary/aromatic N) is 2. The molecule has 0 atom stereocenters. The Morgan fingerprint density at radius 1 is 1.39 bits per heavy atom. The van der Waals surface area contributed by atoms with E-state index in [-0.39, 0.29) is 0 Å². The van der Waals surface area contributed by atoms with E-state index in [1.165, 1.54) is 0 Å².